The molecule has 0 aliphatic rings. The van der Waals surface area contributed by atoms with Crippen molar-refractivity contribution >= 4 is 0 Å². The summed E-state index contributed by atoms with van der Waals surface area (Å²) < 4.78 is 18.4. The van der Waals surface area contributed by atoms with E-state index in [0.29, 0.717) is 5.92 Å². The van der Waals surface area contributed by atoms with Gasteiger partial charge in [0.05, 0.1) is 6.61 Å². The molecule has 0 radical (unpaired) electrons. The lowest BCUT2D eigenvalue weighted by Gasteiger charge is -2.22. The molecule has 2 nitrogen and oxygen atoms in total. The SMILES string of the molecule is CCC(CC)CC(CNCCOC)Cc1cccc(F)c1. The van der Waals surface area contributed by atoms with Crippen molar-refractivity contribution in [2.24, 2.45) is 11.8 Å². The van der Waals surface area contributed by atoms with Crippen LogP contribution in [-0.2, 0) is 11.2 Å². The average molecular weight is 295 g/mol. The molecule has 0 saturated heterocycles. The Labute approximate surface area is 129 Å². The van der Waals surface area contributed by atoms with E-state index in [0.717, 1.165) is 37.6 Å². The number of methoxy groups -OCH3 is 1. The molecule has 1 atom stereocenters. The quantitative estimate of drug-likeness (QED) is 0.622. The van der Waals surface area contributed by atoms with Crippen LogP contribution in [-0.4, -0.2) is 26.8 Å². The third-order valence-electron chi connectivity index (χ3n) is 4.15. The van der Waals surface area contributed by atoms with Gasteiger partial charge in [-0.05, 0) is 48.9 Å². The predicted octanol–water partition coefficient (Wildman–Crippen LogP) is 4.05. The summed E-state index contributed by atoms with van der Waals surface area (Å²) in [4.78, 5) is 0. The van der Waals surface area contributed by atoms with Gasteiger partial charge in [-0.15, -0.1) is 0 Å². The first-order chi connectivity index (χ1) is 10.2. The van der Waals surface area contributed by atoms with Crippen molar-refractivity contribution in [3.8, 4) is 0 Å². The van der Waals surface area contributed by atoms with Gasteiger partial charge in [-0.3, -0.25) is 0 Å². The molecule has 0 bridgehead atoms. The van der Waals surface area contributed by atoms with E-state index < -0.39 is 0 Å². The number of ether oxygens (including phenoxy) is 1. The molecule has 0 aliphatic heterocycles. The molecule has 1 N–H and O–H groups in total. The Morgan fingerprint density at radius 3 is 2.57 bits per heavy atom. The molecule has 0 amide bonds. The molecule has 0 aromatic heterocycles. The van der Waals surface area contributed by atoms with E-state index >= 15 is 0 Å². The summed E-state index contributed by atoms with van der Waals surface area (Å²) in [5.74, 6) is 1.17. The Morgan fingerprint density at radius 1 is 1.19 bits per heavy atom. The minimum Gasteiger partial charge on any atom is -0.383 e. The minimum atomic E-state index is -0.138. The van der Waals surface area contributed by atoms with Gasteiger partial charge in [0.1, 0.15) is 5.82 Å². The highest BCUT2D eigenvalue weighted by Gasteiger charge is 2.15. The van der Waals surface area contributed by atoms with Gasteiger partial charge in [-0.25, -0.2) is 4.39 Å². The zero-order valence-electron chi connectivity index (χ0n) is 13.7. The van der Waals surface area contributed by atoms with Crippen molar-refractivity contribution in [1.82, 2.24) is 5.32 Å². The van der Waals surface area contributed by atoms with Crippen LogP contribution in [0, 0.1) is 17.7 Å². The van der Waals surface area contributed by atoms with Crippen molar-refractivity contribution in [3.63, 3.8) is 0 Å². The van der Waals surface area contributed by atoms with E-state index in [4.69, 9.17) is 4.74 Å². The van der Waals surface area contributed by atoms with Gasteiger partial charge in [0.15, 0.2) is 0 Å². The predicted molar refractivity (Wildman–Crippen MR) is 87.0 cm³/mol. The first-order valence-electron chi connectivity index (χ1n) is 8.13. The normalized spacial score (nSPS) is 12.8. The number of hydrogen-bond donors (Lipinski definition) is 1. The standard InChI is InChI=1S/C18H30FNO/c1-4-15(5-2)11-17(14-20-9-10-21-3)12-16-7-6-8-18(19)13-16/h6-8,13,15,17,20H,4-5,9-12,14H2,1-3H3. The first-order valence-corrected chi connectivity index (χ1v) is 8.13. The lowest BCUT2D eigenvalue weighted by Crippen LogP contribution is -2.28. The minimum absolute atomic E-state index is 0.138. The third-order valence-corrected chi connectivity index (χ3v) is 4.15. The van der Waals surface area contributed by atoms with E-state index in [1.165, 1.54) is 25.3 Å². The van der Waals surface area contributed by atoms with Crippen LogP contribution in [0.4, 0.5) is 4.39 Å². The van der Waals surface area contributed by atoms with Crippen LogP contribution in [0.2, 0.25) is 0 Å². The maximum absolute atomic E-state index is 13.3. The van der Waals surface area contributed by atoms with Crippen molar-refractivity contribution in [2.75, 3.05) is 26.8 Å². The van der Waals surface area contributed by atoms with Gasteiger partial charge in [0.2, 0.25) is 0 Å². The summed E-state index contributed by atoms with van der Waals surface area (Å²) in [6.07, 6.45) is 4.57. The number of benzene rings is 1. The number of halogens is 1. The van der Waals surface area contributed by atoms with Crippen LogP contribution in [0.1, 0.15) is 38.7 Å². The van der Waals surface area contributed by atoms with Gasteiger partial charge < -0.3 is 10.1 Å². The number of rotatable bonds is 11. The zero-order chi connectivity index (χ0) is 15.5. The van der Waals surface area contributed by atoms with Crippen LogP contribution in [0.5, 0.6) is 0 Å². The monoisotopic (exact) mass is 295 g/mol. The molecule has 21 heavy (non-hydrogen) atoms. The Kier molecular flexibility index (Phi) is 9.27. The molecule has 1 aromatic rings. The topological polar surface area (TPSA) is 21.3 Å². The summed E-state index contributed by atoms with van der Waals surface area (Å²) in [7, 11) is 1.72. The second-order valence-electron chi connectivity index (χ2n) is 5.82. The molecule has 120 valence electrons. The maximum Gasteiger partial charge on any atom is 0.123 e. The van der Waals surface area contributed by atoms with Gasteiger partial charge in [-0.1, -0.05) is 38.8 Å². The molecule has 1 aromatic carbocycles. The van der Waals surface area contributed by atoms with E-state index in [9.17, 15) is 4.39 Å². The highest BCUT2D eigenvalue weighted by atomic mass is 19.1. The van der Waals surface area contributed by atoms with Gasteiger partial charge in [0.25, 0.3) is 0 Å². The van der Waals surface area contributed by atoms with Crippen molar-refractivity contribution < 1.29 is 9.13 Å². The molecule has 3 heteroatoms. The van der Waals surface area contributed by atoms with Crippen LogP contribution in [0.25, 0.3) is 0 Å². The Balaban J connectivity index is 2.57. The fraction of sp³-hybridized carbons (Fsp3) is 0.667. The Bertz CT molecular complexity index is 379. The summed E-state index contributed by atoms with van der Waals surface area (Å²) in [6.45, 7) is 7.09. The summed E-state index contributed by atoms with van der Waals surface area (Å²) in [6, 6.07) is 7.00. The lowest BCUT2D eigenvalue weighted by molar-refractivity contribution is 0.196. The second kappa shape index (κ2) is 10.7. The van der Waals surface area contributed by atoms with E-state index in [2.05, 4.69) is 19.2 Å². The molecular weight excluding hydrogens is 265 g/mol. The van der Waals surface area contributed by atoms with E-state index in [-0.39, 0.29) is 5.82 Å². The fourth-order valence-corrected chi connectivity index (χ4v) is 2.81. The summed E-state index contributed by atoms with van der Waals surface area (Å²) in [5.41, 5.74) is 1.10. The molecule has 0 heterocycles. The molecule has 0 aliphatic carbocycles. The highest BCUT2D eigenvalue weighted by molar-refractivity contribution is 5.17. The van der Waals surface area contributed by atoms with Crippen molar-refractivity contribution in [3.05, 3.63) is 35.6 Å². The Morgan fingerprint density at radius 2 is 1.95 bits per heavy atom. The Hall–Kier alpha value is -0.930. The summed E-state index contributed by atoms with van der Waals surface area (Å²) >= 11 is 0. The van der Waals surface area contributed by atoms with E-state index in [1.807, 2.05) is 6.07 Å². The highest BCUT2D eigenvalue weighted by Crippen LogP contribution is 2.22. The van der Waals surface area contributed by atoms with Gasteiger partial charge in [0, 0.05) is 13.7 Å². The van der Waals surface area contributed by atoms with E-state index in [1.54, 1.807) is 19.2 Å². The van der Waals surface area contributed by atoms with Crippen LogP contribution < -0.4 is 5.32 Å². The average Bonchev–Trinajstić information content (AvgIpc) is 2.48. The molecule has 1 rings (SSSR count). The van der Waals surface area contributed by atoms with Crippen LogP contribution >= 0.6 is 0 Å². The molecular formula is C18H30FNO. The number of nitrogens with one attached hydrogen (secondary N) is 1. The second-order valence-corrected chi connectivity index (χ2v) is 5.82. The van der Waals surface area contributed by atoms with Crippen LogP contribution in [0.15, 0.2) is 24.3 Å². The molecule has 1 unspecified atom stereocenters. The first kappa shape index (κ1) is 18.1. The third kappa shape index (κ3) is 7.58. The van der Waals surface area contributed by atoms with Crippen LogP contribution in [0.3, 0.4) is 0 Å². The van der Waals surface area contributed by atoms with Gasteiger partial charge in [-0.2, -0.15) is 0 Å². The summed E-state index contributed by atoms with van der Waals surface area (Å²) in [5, 5.41) is 3.46. The zero-order valence-corrected chi connectivity index (χ0v) is 13.7. The lowest BCUT2D eigenvalue weighted by atomic mass is 9.86. The van der Waals surface area contributed by atoms with Crippen molar-refractivity contribution in [1.29, 1.82) is 0 Å². The largest absolute Gasteiger partial charge is 0.383 e. The molecule has 0 fully saturated rings. The van der Waals surface area contributed by atoms with Crippen molar-refractivity contribution in [2.45, 2.75) is 39.5 Å². The molecule has 0 spiro atoms. The number of hydrogen-bond acceptors (Lipinski definition) is 2. The van der Waals surface area contributed by atoms with Gasteiger partial charge >= 0.3 is 0 Å². The maximum atomic E-state index is 13.3. The molecule has 0 saturated carbocycles. The smallest absolute Gasteiger partial charge is 0.123 e. The fourth-order valence-electron chi connectivity index (χ4n) is 2.81.